The summed E-state index contributed by atoms with van der Waals surface area (Å²) < 4.78 is 78.4. The highest BCUT2D eigenvalue weighted by Gasteiger charge is 2.37. The molecule has 2 aliphatic rings. The van der Waals surface area contributed by atoms with Crippen LogP contribution in [0, 0.1) is 0 Å². The van der Waals surface area contributed by atoms with Gasteiger partial charge in [0, 0.05) is 37.4 Å². The molecule has 1 saturated carbocycles. The summed E-state index contributed by atoms with van der Waals surface area (Å²) in [5.74, 6) is 1.47. The molecule has 1 aromatic carbocycles. The highest BCUT2D eigenvalue weighted by atomic mass is 19.4. The largest absolute Gasteiger partial charge is 0.416 e. The maximum Gasteiger partial charge on any atom is 0.416 e. The van der Waals surface area contributed by atoms with Crippen LogP contribution in [-0.4, -0.2) is 42.2 Å². The predicted molar refractivity (Wildman–Crippen MR) is 131 cm³/mol. The maximum absolute atomic E-state index is 13.1. The molecule has 1 aromatic heterocycles. The number of urea groups is 1. The van der Waals surface area contributed by atoms with Crippen LogP contribution in [0.15, 0.2) is 18.2 Å². The third-order valence-corrected chi connectivity index (χ3v) is 6.83. The van der Waals surface area contributed by atoms with E-state index in [4.69, 9.17) is 9.97 Å². The Balaban J connectivity index is 1.34. The van der Waals surface area contributed by atoms with Gasteiger partial charge in [0.25, 0.3) is 0 Å². The quantitative estimate of drug-likeness (QED) is 0.402. The first-order valence-electron chi connectivity index (χ1n) is 12.5. The minimum absolute atomic E-state index is 0.0190. The lowest BCUT2D eigenvalue weighted by Gasteiger charge is -2.30. The Morgan fingerprint density at radius 2 is 1.45 bits per heavy atom. The van der Waals surface area contributed by atoms with Crippen molar-refractivity contribution in [2.75, 3.05) is 29.6 Å². The van der Waals surface area contributed by atoms with Crippen molar-refractivity contribution in [3.05, 3.63) is 40.6 Å². The van der Waals surface area contributed by atoms with Gasteiger partial charge in [-0.05, 0) is 69.6 Å². The fourth-order valence-corrected chi connectivity index (χ4v) is 4.95. The lowest BCUT2D eigenvalue weighted by Crippen LogP contribution is -2.42. The van der Waals surface area contributed by atoms with Crippen LogP contribution in [0.1, 0.15) is 60.9 Å². The van der Waals surface area contributed by atoms with E-state index < -0.39 is 35.2 Å². The first-order valence-corrected chi connectivity index (χ1v) is 12.5. The van der Waals surface area contributed by atoms with Crippen molar-refractivity contribution in [1.29, 1.82) is 0 Å². The molecule has 38 heavy (non-hydrogen) atoms. The van der Waals surface area contributed by atoms with Crippen molar-refractivity contribution in [3.8, 4) is 0 Å². The predicted octanol–water partition coefficient (Wildman–Crippen LogP) is 6.00. The highest BCUT2D eigenvalue weighted by Crippen LogP contribution is 2.37. The normalized spacial score (nSPS) is 19.9. The van der Waals surface area contributed by atoms with Crippen LogP contribution < -0.4 is 20.9 Å². The Kier molecular flexibility index (Phi) is 7.93. The van der Waals surface area contributed by atoms with Crippen molar-refractivity contribution < 1.29 is 31.1 Å². The van der Waals surface area contributed by atoms with E-state index in [1.165, 1.54) is 5.56 Å². The Morgan fingerprint density at radius 1 is 0.868 bits per heavy atom. The van der Waals surface area contributed by atoms with E-state index in [0.29, 0.717) is 43.8 Å². The second kappa shape index (κ2) is 10.9. The van der Waals surface area contributed by atoms with Crippen LogP contribution in [0.25, 0.3) is 0 Å². The van der Waals surface area contributed by atoms with Crippen molar-refractivity contribution in [1.82, 2.24) is 15.3 Å². The number of aromatic nitrogens is 2. The van der Waals surface area contributed by atoms with Gasteiger partial charge in [-0.3, -0.25) is 0 Å². The summed E-state index contributed by atoms with van der Waals surface area (Å²) in [7, 11) is 3.90. The molecule has 1 heterocycles. The van der Waals surface area contributed by atoms with E-state index in [2.05, 4.69) is 16.0 Å². The SMILES string of the molecule is CN(C)c1nc(N[C@H]2CC[C@@H](NC(=O)Nc3cc(C(F)(F)F)cc(C(F)(F)F)c3)CC2)nc2c1CCCC2. The molecular formula is C25H30F6N6O. The minimum atomic E-state index is -4.99. The summed E-state index contributed by atoms with van der Waals surface area (Å²) in [5, 5.41) is 8.17. The fraction of sp³-hybridized carbons (Fsp3) is 0.560. The molecule has 0 unspecified atom stereocenters. The Hall–Kier alpha value is -3.25. The van der Waals surface area contributed by atoms with E-state index in [1.807, 2.05) is 19.0 Å². The number of nitrogens with one attached hydrogen (secondary N) is 3. The van der Waals surface area contributed by atoms with Crippen molar-refractivity contribution >= 4 is 23.5 Å². The summed E-state index contributed by atoms with van der Waals surface area (Å²) in [4.78, 5) is 23.8. The Morgan fingerprint density at radius 3 is 2.03 bits per heavy atom. The van der Waals surface area contributed by atoms with Crippen LogP contribution in [0.3, 0.4) is 0 Å². The number of benzene rings is 1. The van der Waals surface area contributed by atoms with Crippen molar-refractivity contribution in [2.24, 2.45) is 0 Å². The number of hydrogen-bond acceptors (Lipinski definition) is 5. The zero-order chi connectivity index (χ0) is 27.7. The van der Waals surface area contributed by atoms with Crippen molar-refractivity contribution in [3.63, 3.8) is 0 Å². The number of carbonyl (C=O) groups excluding carboxylic acids is 1. The number of alkyl halides is 6. The van der Waals surface area contributed by atoms with Gasteiger partial charge in [0.1, 0.15) is 5.82 Å². The lowest BCUT2D eigenvalue weighted by molar-refractivity contribution is -0.143. The maximum atomic E-state index is 13.1. The topological polar surface area (TPSA) is 82.2 Å². The third-order valence-electron chi connectivity index (χ3n) is 6.83. The van der Waals surface area contributed by atoms with Gasteiger partial charge >= 0.3 is 18.4 Å². The monoisotopic (exact) mass is 544 g/mol. The molecular weight excluding hydrogens is 514 g/mol. The van der Waals surface area contributed by atoms with Gasteiger partial charge in [0.15, 0.2) is 0 Å². The van der Waals surface area contributed by atoms with Gasteiger partial charge in [-0.15, -0.1) is 0 Å². The molecule has 2 aliphatic carbocycles. The van der Waals surface area contributed by atoms with Gasteiger partial charge in [0.05, 0.1) is 16.8 Å². The average molecular weight is 545 g/mol. The van der Waals surface area contributed by atoms with E-state index in [0.717, 1.165) is 37.2 Å². The highest BCUT2D eigenvalue weighted by molar-refractivity contribution is 5.89. The number of halogens is 6. The average Bonchev–Trinajstić information content (AvgIpc) is 2.83. The smallest absolute Gasteiger partial charge is 0.362 e. The second-order valence-corrected chi connectivity index (χ2v) is 9.98. The van der Waals surface area contributed by atoms with E-state index in [9.17, 15) is 31.1 Å². The van der Waals surface area contributed by atoms with Gasteiger partial charge in [-0.2, -0.15) is 31.3 Å². The summed E-state index contributed by atoms with van der Waals surface area (Å²) in [6, 6.07) is -0.0758. The number of anilines is 3. The number of nitrogens with zero attached hydrogens (tertiary/aromatic N) is 3. The zero-order valence-corrected chi connectivity index (χ0v) is 21.1. The summed E-state index contributed by atoms with van der Waals surface area (Å²) in [6.45, 7) is 0. The molecule has 7 nitrogen and oxygen atoms in total. The minimum Gasteiger partial charge on any atom is -0.362 e. The summed E-state index contributed by atoms with van der Waals surface area (Å²) in [6.07, 6.45) is -3.38. The molecule has 0 spiro atoms. The van der Waals surface area contributed by atoms with Crippen LogP contribution in [0.2, 0.25) is 0 Å². The van der Waals surface area contributed by atoms with Crippen LogP contribution in [0.5, 0.6) is 0 Å². The van der Waals surface area contributed by atoms with Crippen molar-refractivity contribution in [2.45, 2.75) is 75.8 Å². The first-order chi connectivity index (χ1) is 17.8. The molecule has 208 valence electrons. The van der Waals surface area contributed by atoms with E-state index in [-0.39, 0.29) is 18.2 Å². The van der Waals surface area contributed by atoms with Gasteiger partial charge in [-0.25, -0.2) is 9.78 Å². The number of aryl methyl sites for hydroxylation is 1. The molecule has 0 saturated heterocycles. The molecule has 0 atom stereocenters. The van der Waals surface area contributed by atoms with Crippen LogP contribution in [0.4, 0.5) is 48.6 Å². The molecule has 0 radical (unpaired) electrons. The number of carbonyl (C=O) groups is 1. The summed E-state index contributed by atoms with van der Waals surface area (Å²) in [5.41, 5.74) is -1.31. The lowest BCUT2D eigenvalue weighted by atomic mass is 9.91. The van der Waals surface area contributed by atoms with Gasteiger partial charge in [-0.1, -0.05) is 0 Å². The van der Waals surface area contributed by atoms with Crippen LogP contribution in [-0.2, 0) is 25.2 Å². The standard InChI is InChI=1S/C25H30F6N6O/c1-37(2)21-19-5-3-4-6-20(19)35-22(36-21)32-16-7-9-17(10-8-16)33-23(38)34-18-12-14(24(26,27)28)11-15(13-18)25(29,30)31/h11-13,16-17H,3-10H2,1-2H3,(H,32,35,36)(H2,33,34,38)/t16-,17+. The Labute approximate surface area is 216 Å². The van der Waals surface area contributed by atoms with E-state index >= 15 is 0 Å². The molecule has 2 amide bonds. The molecule has 0 aliphatic heterocycles. The molecule has 4 rings (SSSR count). The molecule has 0 bridgehead atoms. The molecule has 1 fully saturated rings. The van der Waals surface area contributed by atoms with Gasteiger partial charge in [0.2, 0.25) is 5.95 Å². The summed E-state index contributed by atoms with van der Waals surface area (Å²) >= 11 is 0. The Bertz CT molecular complexity index is 1130. The van der Waals surface area contributed by atoms with Crippen LogP contribution >= 0.6 is 0 Å². The number of rotatable bonds is 5. The molecule has 3 N–H and O–H groups in total. The second-order valence-electron chi connectivity index (χ2n) is 9.98. The molecule has 2 aromatic rings. The third kappa shape index (κ3) is 6.79. The number of amides is 2. The van der Waals surface area contributed by atoms with Gasteiger partial charge < -0.3 is 20.9 Å². The zero-order valence-electron chi connectivity index (χ0n) is 21.1. The van der Waals surface area contributed by atoms with E-state index in [1.54, 1.807) is 0 Å². The molecule has 13 heteroatoms. The first kappa shape index (κ1) is 27.8. The fourth-order valence-electron chi connectivity index (χ4n) is 4.95. The number of hydrogen-bond donors (Lipinski definition) is 3. The number of fused-ring (bicyclic) bond motifs is 1.